The van der Waals surface area contributed by atoms with Gasteiger partial charge in [-0.1, -0.05) is 116 Å². The summed E-state index contributed by atoms with van der Waals surface area (Å²) in [7, 11) is 0.0464. The first-order valence-corrected chi connectivity index (χ1v) is 11.3. The molecule has 1 radical (unpaired) electrons. The molecule has 115 valence electrons. The monoisotopic (exact) mass is 283 g/mol. The molecular weight excluding hydrogens is 244 g/mol. The van der Waals surface area contributed by atoms with Gasteiger partial charge in [0, 0.05) is 8.80 Å². The third kappa shape index (κ3) is 14.4. The van der Waals surface area contributed by atoms with Gasteiger partial charge in [0.2, 0.25) is 0 Å². The lowest BCUT2D eigenvalue weighted by molar-refractivity contribution is 0.561. The average Bonchev–Trinajstić information content (AvgIpc) is 2.41. The van der Waals surface area contributed by atoms with Crippen LogP contribution < -0.4 is 0 Å². The molecule has 0 heterocycles. The summed E-state index contributed by atoms with van der Waals surface area (Å²) in [6, 6.07) is 4.73. The Labute approximate surface area is 125 Å². The van der Waals surface area contributed by atoms with Crippen LogP contribution in [0.5, 0.6) is 0 Å². The van der Waals surface area contributed by atoms with E-state index in [-0.39, 0.29) is 8.80 Å². The zero-order chi connectivity index (χ0) is 14.2. The van der Waals surface area contributed by atoms with E-state index in [4.69, 9.17) is 0 Å². The minimum Gasteiger partial charge on any atom is -0.0657 e. The molecule has 0 aliphatic rings. The van der Waals surface area contributed by atoms with Gasteiger partial charge < -0.3 is 0 Å². The molecule has 0 aliphatic carbocycles. The van der Waals surface area contributed by atoms with Crippen molar-refractivity contribution in [3.63, 3.8) is 0 Å². The molecule has 0 aliphatic heterocycles. The molecule has 0 atom stereocenters. The summed E-state index contributed by atoms with van der Waals surface area (Å²) >= 11 is 0. The van der Waals surface area contributed by atoms with Crippen LogP contribution in [0.4, 0.5) is 0 Å². The first-order valence-electron chi connectivity index (χ1n) is 9.18. The minimum atomic E-state index is 0.0464. The van der Waals surface area contributed by atoms with Crippen LogP contribution in [-0.2, 0) is 0 Å². The van der Waals surface area contributed by atoms with Crippen LogP contribution in [0.1, 0.15) is 97.8 Å². The standard InChI is InChI=1S/C18H39Si/c1-4-7-8-9-10-11-12-13-14-15-18-19(16-5-2)17-6-3/h4-18H2,1-3H3. The Morgan fingerprint density at radius 3 is 1.26 bits per heavy atom. The van der Waals surface area contributed by atoms with Crippen LogP contribution in [-0.4, -0.2) is 8.80 Å². The summed E-state index contributed by atoms with van der Waals surface area (Å²) < 4.78 is 0. The van der Waals surface area contributed by atoms with Crippen molar-refractivity contribution < 1.29 is 0 Å². The van der Waals surface area contributed by atoms with Crippen LogP contribution >= 0.6 is 0 Å². The molecule has 19 heavy (non-hydrogen) atoms. The van der Waals surface area contributed by atoms with Gasteiger partial charge in [0.25, 0.3) is 0 Å². The zero-order valence-corrected chi connectivity index (χ0v) is 15.1. The number of hydrogen-bond acceptors (Lipinski definition) is 0. The average molecular weight is 284 g/mol. The van der Waals surface area contributed by atoms with Crippen molar-refractivity contribution in [2.75, 3.05) is 0 Å². The Morgan fingerprint density at radius 1 is 0.421 bits per heavy atom. The van der Waals surface area contributed by atoms with Gasteiger partial charge in [0.05, 0.1) is 0 Å². The van der Waals surface area contributed by atoms with Crippen molar-refractivity contribution in [2.24, 2.45) is 0 Å². The summed E-state index contributed by atoms with van der Waals surface area (Å²) in [5.41, 5.74) is 0. The van der Waals surface area contributed by atoms with E-state index in [2.05, 4.69) is 20.8 Å². The normalized spacial score (nSPS) is 11.4. The second kappa shape index (κ2) is 16.3. The largest absolute Gasteiger partial charge is 0.0657 e. The van der Waals surface area contributed by atoms with E-state index in [1.54, 1.807) is 18.1 Å². The van der Waals surface area contributed by atoms with Crippen LogP contribution in [0.15, 0.2) is 0 Å². The predicted molar refractivity (Wildman–Crippen MR) is 92.6 cm³/mol. The molecule has 0 spiro atoms. The van der Waals surface area contributed by atoms with Gasteiger partial charge in [-0.2, -0.15) is 0 Å². The van der Waals surface area contributed by atoms with Crippen molar-refractivity contribution in [3.05, 3.63) is 0 Å². The third-order valence-electron chi connectivity index (χ3n) is 4.09. The molecule has 0 amide bonds. The summed E-state index contributed by atoms with van der Waals surface area (Å²) in [4.78, 5) is 0. The molecule has 0 fully saturated rings. The van der Waals surface area contributed by atoms with E-state index in [9.17, 15) is 0 Å². The molecule has 0 bridgehead atoms. The van der Waals surface area contributed by atoms with Gasteiger partial charge in [-0.3, -0.25) is 0 Å². The molecule has 1 heteroatoms. The quantitative estimate of drug-likeness (QED) is 0.220. The number of unbranched alkanes of at least 4 members (excludes halogenated alkanes) is 9. The molecule has 0 aromatic carbocycles. The first kappa shape index (κ1) is 19.2. The Morgan fingerprint density at radius 2 is 0.842 bits per heavy atom. The lowest BCUT2D eigenvalue weighted by Gasteiger charge is -2.12. The molecule has 0 saturated heterocycles. The molecule has 0 aromatic heterocycles. The fourth-order valence-corrected chi connectivity index (χ4v) is 5.86. The topological polar surface area (TPSA) is 0 Å². The van der Waals surface area contributed by atoms with Gasteiger partial charge in [0.1, 0.15) is 0 Å². The van der Waals surface area contributed by atoms with E-state index in [1.165, 1.54) is 77.0 Å². The van der Waals surface area contributed by atoms with E-state index >= 15 is 0 Å². The minimum absolute atomic E-state index is 0.0464. The molecule has 0 unspecified atom stereocenters. The second-order valence-electron chi connectivity index (χ2n) is 6.18. The summed E-state index contributed by atoms with van der Waals surface area (Å²) in [5.74, 6) is 0. The summed E-state index contributed by atoms with van der Waals surface area (Å²) in [5, 5.41) is 0. The van der Waals surface area contributed by atoms with Crippen molar-refractivity contribution in [1.82, 2.24) is 0 Å². The highest BCUT2D eigenvalue weighted by Gasteiger charge is 2.07. The number of hydrogen-bond donors (Lipinski definition) is 0. The number of rotatable bonds is 15. The molecule has 0 saturated carbocycles. The van der Waals surface area contributed by atoms with E-state index in [0.717, 1.165) is 0 Å². The van der Waals surface area contributed by atoms with Gasteiger partial charge in [-0.15, -0.1) is 0 Å². The summed E-state index contributed by atoms with van der Waals surface area (Å²) in [6.45, 7) is 7.02. The molecular formula is C18H39Si. The highest BCUT2D eigenvalue weighted by Crippen LogP contribution is 2.16. The maximum Gasteiger partial charge on any atom is 0.0478 e. The fraction of sp³-hybridized carbons (Fsp3) is 1.00. The predicted octanol–water partition coefficient (Wildman–Crippen LogP) is 7.22. The maximum atomic E-state index is 2.36. The van der Waals surface area contributed by atoms with Crippen LogP contribution in [0.3, 0.4) is 0 Å². The lowest BCUT2D eigenvalue weighted by Crippen LogP contribution is -2.10. The van der Waals surface area contributed by atoms with Crippen LogP contribution in [0.2, 0.25) is 18.1 Å². The maximum absolute atomic E-state index is 2.36. The summed E-state index contributed by atoms with van der Waals surface area (Å²) in [6.07, 6.45) is 17.6. The van der Waals surface area contributed by atoms with Crippen molar-refractivity contribution in [2.45, 2.75) is 116 Å². The highest BCUT2D eigenvalue weighted by atomic mass is 28.3. The molecule has 0 nitrogen and oxygen atoms in total. The molecule has 0 aromatic rings. The zero-order valence-electron chi connectivity index (χ0n) is 14.1. The Kier molecular flexibility index (Phi) is 16.5. The Hall–Kier alpha value is 0.217. The smallest absolute Gasteiger partial charge is 0.0478 e. The Bertz CT molecular complexity index is 150. The second-order valence-corrected chi connectivity index (χ2v) is 9.18. The van der Waals surface area contributed by atoms with Crippen molar-refractivity contribution in [3.8, 4) is 0 Å². The molecule has 0 rings (SSSR count). The lowest BCUT2D eigenvalue weighted by atomic mass is 10.1. The van der Waals surface area contributed by atoms with Gasteiger partial charge in [-0.05, 0) is 0 Å². The van der Waals surface area contributed by atoms with Gasteiger partial charge >= 0.3 is 0 Å². The fourth-order valence-electron chi connectivity index (χ4n) is 2.94. The van der Waals surface area contributed by atoms with Gasteiger partial charge in [-0.25, -0.2) is 0 Å². The van der Waals surface area contributed by atoms with E-state index < -0.39 is 0 Å². The van der Waals surface area contributed by atoms with Crippen LogP contribution in [0, 0.1) is 0 Å². The van der Waals surface area contributed by atoms with Crippen LogP contribution in [0.25, 0.3) is 0 Å². The Balaban J connectivity index is 3.20. The van der Waals surface area contributed by atoms with Crippen molar-refractivity contribution in [1.29, 1.82) is 0 Å². The molecule has 0 N–H and O–H groups in total. The SMILES string of the molecule is CCCCCCCCCCCC[Si](CCC)CCC. The van der Waals surface area contributed by atoms with E-state index in [0.29, 0.717) is 0 Å². The first-order chi connectivity index (χ1) is 9.35. The highest BCUT2D eigenvalue weighted by molar-refractivity contribution is 6.58. The van der Waals surface area contributed by atoms with Crippen molar-refractivity contribution >= 4 is 8.80 Å². The van der Waals surface area contributed by atoms with Gasteiger partial charge in [0.15, 0.2) is 0 Å². The third-order valence-corrected chi connectivity index (χ3v) is 7.57. The van der Waals surface area contributed by atoms with E-state index in [1.807, 2.05) is 0 Å².